The Morgan fingerprint density at radius 3 is 2.53 bits per heavy atom. The lowest BCUT2D eigenvalue weighted by atomic mass is 9.80. The molecule has 1 amide bonds. The van der Waals surface area contributed by atoms with Crippen molar-refractivity contribution < 1.29 is 9.53 Å². The predicted molar refractivity (Wildman–Crippen MR) is 75.8 cm³/mol. The molecule has 0 aromatic carbocycles. The second-order valence-electron chi connectivity index (χ2n) is 7.05. The average Bonchev–Trinajstić information content (AvgIpc) is 3.11. The fraction of sp³-hybridized carbons (Fsp3) is 0.933. The third-order valence-corrected chi connectivity index (χ3v) is 4.22. The van der Waals surface area contributed by atoms with Gasteiger partial charge in [0.05, 0.1) is 0 Å². The molecule has 0 aromatic rings. The van der Waals surface area contributed by atoms with Gasteiger partial charge in [-0.2, -0.15) is 0 Å². The summed E-state index contributed by atoms with van der Waals surface area (Å²) >= 11 is 0. The molecule has 2 aliphatic rings. The Balaban J connectivity index is 1.92. The minimum atomic E-state index is -0.403. The largest absolute Gasteiger partial charge is 0.444 e. The van der Waals surface area contributed by atoms with Crippen LogP contribution in [-0.2, 0) is 4.74 Å². The molecule has 0 bridgehead atoms. The van der Waals surface area contributed by atoms with E-state index in [4.69, 9.17) is 10.5 Å². The molecule has 1 aliphatic carbocycles. The minimum Gasteiger partial charge on any atom is -0.444 e. The van der Waals surface area contributed by atoms with E-state index in [9.17, 15) is 4.79 Å². The van der Waals surface area contributed by atoms with Crippen LogP contribution in [0.1, 0.15) is 46.5 Å². The first-order valence-electron chi connectivity index (χ1n) is 7.58. The summed E-state index contributed by atoms with van der Waals surface area (Å²) in [6.45, 7) is 8.21. The smallest absolute Gasteiger partial charge is 0.410 e. The molecule has 1 saturated heterocycles. The monoisotopic (exact) mass is 268 g/mol. The lowest BCUT2D eigenvalue weighted by molar-refractivity contribution is 0.00761. The van der Waals surface area contributed by atoms with Crippen molar-refractivity contribution in [1.29, 1.82) is 0 Å². The maximum absolute atomic E-state index is 12.1. The molecule has 1 saturated carbocycles. The summed E-state index contributed by atoms with van der Waals surface area (Å²) in [6.07, 6.45) is 4.69. The molecule has 0 spiro atoms. The van der Waals surface area contributed by atoms with E-state index in [1.807, 2.05) is 25.7 Å². The van der Waals surface area contributed by atoms with E-state index in [0.717, 1.165) is 38.4 Å². The summed E-state index contributed by atoms with van der Waals surface area (Å²) in [4.78, 5) is 14.0. The number of nitrogens with two attached hydrogens (primary N) is 1. The first kappa shape index (κ1) is 14.6. The van der Waals surface area contributed by atoms with Crippen molar-refractivity contribution in [3.05, 3.63) is 0 Å². The van der Waals surface area contributed by atoms with Gasteiger partial charge < -0.3 is 15.4 Å². The van der Waals surface area contributed by atoms with E-state index in [1.54, 1.807) is 0 Å². The van der Waals surface area contributed by atoms with E-state index in [2.05, 4.69) is 0 Å². The molecule has 1 heterocycles. The molecule has 110 valence electrons. The molecule has 19 heavy (non-hydrogen) atoms. The number of rotatable bonds is 3. The van der Waals surface area contributed by atoms with Crippen molar-refractivity contribution in [3.63, 3.8) is 0 Å². The van der Waals surface area contributed by atoms with E-state index < -0.39 is 5.60 Å². The number of piperidine rings is 1. The zero-order valence-corrected chi connectivity index (χ0v) is 12.5. The molecule has 1 aliphatic heterocycles. The normalized spacial score (nSPS) is 28.3. The van der Waals surface area contributed by atoms with Gasteiger partial charge in [-0.05, 0) is 70.8 Å². The molecule has 2 fully saturated rings. The SMILES string of the molecule is CC(C)(C)OC(=O)N1CCC(CCN)C(C2CC2)C1. The zero-order chi connectivity index (χ0) is 14.0. The molecule has 0 aromatic heterocycles. The van der Waals surface area contributed by atoms with E-state index in [0.29, 0.717) is 11.8 Å². The van der Waals surface area contributed by atoms with Gasteiger partial charge in [0, 0.05) is 13.1 Å². The Kier molecular flexibility index (Phi) is 4.39. The number of amides is 1. The van der Waals surface area contributed by atoms with E-state index in [-0.39, 0.29) is 6.09 Å². The van der Waals surface area contributed by atoms with Gasteiger partial charge in [0.2, 0.25) is 0 Å². The van der Waals surface area contributed by atoms with Crippen molar-refractivity contribution in [2.45, 2.75) is 52.1 Å². The molecular weight excluding hydrogens is 240 g/mol. The van der Waals surface area contributed by atoms with Crippen LogP contribution in [-0.4, -0.2) is 36.2 Å². The first-order valence-corrected chi connectivity index (χ1v) is 7.58. The summed E-state index contributed by atoms with van der Waals surface area (Å²) in [5.41, 5.74) is 5.31. The van der Waals surface area contributed by atoms with Gasteiger partial charge in [-0.15, -0.1) is 0 Å². The standard InChI is InChI=1S/C15H28N2O2/c1-15(2,3)19-14(18)17-9-7-12(6-8-16)13(10-17)11-4-5-11/h11-13H,4-10,16H2,1-3H3. The Morgan fingerprint density at radius 1 is 1.32 bits per heavy atom. The van der Waals surface area contributed by atoms with Crippen LogP contribution < -0.4 is 5.73 Å². The van der Waals surface area contributed by atoms with Crippen LogP contribution in [0.25, 0.3) is 0 Å². The molecule has 4 nitrogen and oxygen atoms in total. The van der Waals surface area contributed by atoms with Gasteiger partial charge in [-0.3, -0.25) is 0 Å². The van der Waals surface area contributed by atoms with Crippen LogP contribution in [0.4, 0.5) is 4.79 Å². The van der Waals surface area contributed by atoms with Crippen LogP contribution in [0.5, 0.6) is 0 Å². The molecule has 0 radical (unpaired) electrons. The summed E-state index contributed by atoms with van der Waals surface area (Å²) in [6, 6.07) is 0. The Bertz CT molecular complexity index is 321. The van der Waals surface area contributed by atoms with Crippen molar-refractivity contribution in [2.24, 2.45) is 23.5 Å². The number of ether oxygens (including phenoxy) is 1. The van der Waals surface area contributed by atoms with Gasteiger partial charge >= 0.3 is 6.09 Å². The van der Waals surface area contributed by atoms with Crippen LogP contribution in [0.15, 0.2) is 0 Å². The quantitative estimate of drug-likeness (QED) is 0.856. The maximum Gasteiger partial charge on any atom is 0.410 e. The van der Waals surface area contributed by atoms with E-state index >= 15 is 0 Å². The highest BCUT2D eigenvalue weighted by molar-refractivity contribution is 5.68. The van der Waals surface area contributed by atoms with Crippen molar-refractivity contribution in [1.82, 2.24) is 4.90 Å². The number of nitrogens with zero attached hydrogens (tertiary/aromatic N) is 1. The van der Waals surface area contributed by atoms with Crippen LogP contribution >= 0.6 is 0 Å². The Labute approximate surface area is 116 Å². The number of carbonyl (C=O) groups is 1. The average molecular weight is 268 g/mol. The lowest BCUT2D eigenvalue weighted by Crippen LogP contribution is -2.46. The van der Waals surface area contributed by atoms with Gasteiger partial charge in [0.15, 0.2) is 0 Å². The summed E-state index contributed by atoms with van der Waals surface area (Å²) in [5.74, 6) is 2.17. The third-order valence-electron chi connectivity index (χ3n) is 4.22. The third kappa shape index (κ3) is 4.10. The van der Waals surface area contributed by atoms with Crippen LogP contribution in [0.3, 0.4) is 0 Å². The maximum atomic E-state index is 12.1. The fourth-order valence-electron chi connectivity index (χ4n) is 3.15. The highest BCUT2D eigenvalue weighted by atomic mass is 16.6. The minimum absolute atomic E-state index is 0.149. The molecule has 2 N–H and O–H groups in total. The molecule has 4 heteroatoms. The number of hydrogen-bond acceptors (Lipinski definition) is 3. The van der Waals surface area contributed by atoms with Crippen LogP contribution in [0.2, 0.25) is 0 Å². The molecular formula is C15H28N2O2. The van der Waals surface area contributed by atoms with Crippen LogP contribution in [0, 0.1) is 17.8 Å². The van der Waals surface area contributed by atoms with Gasteiger partial charge in [-0.25, -0.2) is 4.79 Å². The second kappa shape index (κ2) is 5.70. The van der Waals surface area contributed by atoms with Gasteiger partial charge in [-0.1, -0.05) is 0 Å². The van der Waals surface area contributed by atoms with Crippen molar-refractivity contribution >= 4 is 6.09 Å². The Morgan fingerprint density at radius 2 is 2.00 bits per heavy atom. The first-order chi connectivity index (χ1) is 8.90. The summed E-state index contributed by atoms with van der Waals surface area (Å²) < 4.78 is 5.48. The highest BCUT2D eigenvalue weighted by Gasteiger charge is 2.41. The molecule has 2 unspecified atom stereocenters. The topological polar surface area (TPSA) is 55.6 Å². The van der Waals surface area contributed by atoms with Crippen molar-refractivity contribution in [3.8, 4) is 0 Å². The number of hydrogen-bond donors (Lipinski definition) is 1. The molecule has 2 rings (SSSR count). The van der Waals surface area contributed by atoms with E-state index in [1.165, 1.54) is 12.8 Å². The van der Waals surface area contributed by atoms with Gasteiger partial charge in [0.1, 0.15) is 5.60 Å². The van der Waals surface area contributed by atoms with Gasteiger partial charge in [0.25, 0.3) is 0 Å². The second-order valence-corrected chi connectivity index (χ2v) is 7.05. The summed E-state index contributed by atoms with van der Waals surface area (Å²) in [5, 5.41) is 0. The lowest BCUT2D eigenvalue weighted by Gasteiger charge is -2.39. The number of likely N-dealkylation sites (tertiary alicyclic amines) is 1. The summed E-state index contributed by atoms with van der Waals surface area (Å²) in [7, 11) is 0. The number of carbonyl (C=O) groups excluding carboxylic acids is 1. The predicted octanol–water partition coefficient (Wildman–Crippen LogP) is 2.62. The highest BCUT2D eigenvalue weighted by Crippen LogP contribution is 2.44. The Hall–Kier alpha value is -0.770. The molecule has 2 atom stereocenters. The fourth-order valence-corrected chi connectivity index (χ4v) is 3.15. The zero-order valence-electron chi connectivity index (χ0n) is 12.5. The van der Waals surface area contributed by atoms with Crippen molar-refractivity contribution in [2.75, 3.05) is 19.6 Å².